The second kappa shape index (κ2) is 64.4. The molecular weight excluding hydrogens is 937 g/mol. The number of rotatable bonds is 60. The number of carbonyl (C=O) groups excluding carboxylic acids is 3. The average Bonchev–Trinajstić information content (AvgIpc) is 3.42. The van der Waals surface area contributed by atoms with E-state index in [1.54, 1.807) is 0 Å². The molecule has 0 bridgehead atoms. The van der Waals surface area contributed by atoms with E-state index in [2.05, 4.69) is 93.7 Å². The van der Waals surface area contributed by atoms with E-state index in [0.717, 1.165) is 96.3 Å². The lowest BCUT2D eigenvalue weighted by Crippen LogP contribution is -2.30. The Labute approximate surface area is 472 Å². The molecule has 0 aliphatic rings. The van der Waals surface area contributed by atoms with Gasteiger partial charge in [0.1, 0.15) is 13.2 Å². The number of carbonyl (C=O) groups is 3. The summed E-state index contributed by atoms with van der Waals surface area (Å²) in [7, 11) is 0. The van der Waals surface area contributed by atoms with Crippen molar-refractivity contribution in [1.29, 1.82) is 0 Å². The summed E-state index contributed by atoms with van der Waals surface area (Å²) in [5, 5.41) is 0. The van der Waals surface area contributed by atoms with Crippen molar-refractivity contribution in [2.45, 2.75) is 341 Å². The Bertz CT molecular complexity index is 1400. The van der Waals surface area contributed by atoms with Crippen LogP contribution in [0.4, 0.5) is 0 Å². The minimum Gasteiger partial charge on any atom is -0.462 e. The molecule has 76 heavy (non-hydrogen) atoms. The second-order valence-corrected chi connectivity index (χ2v) is 22.0. The van der Waals surface area contributed by atoms with Crippen molar-refractivity contribution in [3.05, 3.63) is 72.9 Å². The van der Waals surface area contributed by atoms with E-state index in [1.165, 1.54) is 193 Å². The van der Waals surface area contributed by atoms with Crippen molar-refractivity contribution in [1.82, 2.24) is 0 Å². The van der Waals surface area contributed by atoms with Gasteiger partial charge < -0.3 is 14.2 Å². The fourth-order valence-electron chi connectivity index (χ4n) is 9.54. The maximum Gasteiger partial charge on any atom is 0.306 e. The van der Waals surface area contributed by atoms with Crippen LogP contribution >= 0.6 is 0 Å². The van der Waals surface area contributed by atoms with E-state index in [4.69, 9.17) is 14.2 Å². The molecule has 440 valence electrons. The van der Waals surface area contributed by atoms with Crippen molar-refractivity contribution in [2.75, 3.05) is 13.2 Å². The summed E-state index contributed by atoms with van der Waals surface area (Å²) in [6, 6.07) is 0. The van der Waals surface area contributed by atoms with Gasteiger partial charge in [-0.1, -0.05) is 312 Å². The van der Waals surface area contributed by atoms with E-state index in [1.807, 2.05) is 0 Å². The molecule has 1 unspecified atom stereocenters. The molecule has 1 atom stereocenters. The number of esters is 3. The lowest BCUT2D eigenvalue weighted by Gasteiger charge is -2.18. The zero-order chi connectivity index (χ0) is 55.0. The van der Waals surface area contributed by atoms with Gasteiger partial charge in [0.2, 0.25) is 0 Å². The molecule has 0 saturated carbocycles. The topological polar surface area (TPSA) is 78.9 Å². The molecule has 6 nitrogen and oxygen atoms in total. The van der Waals surface area contributed by atoms with Crippen LogP contribution in [0, 0.1) is 0 Å². The third kappa shape index (κ3) is 61.7. The molecule has 0 aliphatic carbocycles. The number of hydrogen-bond acceptors (Lipinski definition) is 6. The first kappa shape index (κ1) is 72.8. The van der Waals surface area contributed by atoms with Crippen LogP contribution in [-0.2, 0) is 28.6 Å². The summed E-state index contributed by atoms with van der Waals surface area (Å²) in [6.07, 6.45) is 83.9. The lowest BCUT2D eigenvalue weighted by molar-refractivity contribution is -0.167. The van der Waals surface area contributed by atoms with Gasteiger partial charge in [-0.25, -0.2) is 0 Å². The highest BCUT2D eigenvalue weighted by molar-refractivity contribution is 5.71. The molecule has 0 aromatic heterocycles. The first-order valence-electron chi connectivity index (χ1n) is 32.9. The van der Waals surface area contributed by atoms with E-state index in [9.17, 15) is 14.4 Å². The Morgan fingerprint density at radius 1 is 0.276 bits per heavy atom. The molecule has 6 heteroatoms. The minimum absolute atomic E-state index is 0.0983. The fraction of sp³-hybridized carbons (Fsp3) is 0.786. The minimum atomic E-state index is -0.807. The molecule has 0 radical (unpaired) electrons. The van der Waals surface area contributed by atoms with Gasteiger partial charge in [0, 0.05) is 19.3 Å². The normalized spacial score (nSPS) is 12.5. The van der Waals surface area contributed by atoms with Crippen LogP contribution in [0.5, 0.6) is 0 Å². The van der Waals surface area contributed by atoms with Crippen LogP contribution in [-0.4, -0.2) is 37.2 Å². The molecule has 0 aromatic rings. The highest BCUT2D eigenvalue weighted by Gasteiger charge is 2.19. The van der Waals surface area contributed by atoms with Crippen molar-refractivity contribution < 1.29 is 28.6 Å². The number of unbranched alkanes of at least 4 members (excludes halogenated alkanes) is 37. The Hall–Kier alpha value is -3.15. The Kier molecular flexibility index (Phi) is 61.7. The van der Waals surface area contributed by atoms with Crippen LogP contribution in [0.1, 0.15) is 335 Å². The maximum atomic E-state index is 12.8. The molecule has 0 saturated heterocycles. The molecule has 0 aliphatic heterocycles. The first-order valence-corrected chi connectivity index (χ1v) is 32.9. The highest BCUT2D eigenvalue weighted by atomic mass is 16.6. The molecular formula is C70H124O6. The first-order chi connectivity index (χ1) is 37.5. The summed E-state index contributed by atoms with van der Waals surface area (Å²) < 4.78 is 16.8. The monoisotopic (exact) mass is 1060 g/mol. The van der Waals surface area contributed by atoms with Crippen molar-refractivity contribution in [3.8, 4) is 0 Å². The summed E-state index contributed by atoms with van der Waals surface area (Å²) in [6.45, 7) is 6.45. The van der Waals surface area contributed by atoms with Gasteiger partial charge in [-0.05, 0) is 77.0 Å². The van der Waals surface area contributed by atoms with Crippen LogP contribution in [0.25, 0.3) is 0 Å². The van der Waals surface area contributed by atoms with Gasteiger partial charge in [0.15, 0.2) is 6.10 Å². The fourth-order valence-corrected chi connectivity index (χ4v) is 9.54. The van der Waals surface area contributed by atoms with Gasteiger partial charge in [-0.2, -0.15) is 0 Å². The smallest absolute Gasteiger partial charge is 0.306 e. The summed E-state index contributed by atoms with van der Waals surface area (Å²) in [5.41, 5.74) is 0. The summed E-state index contributed by atoms with van der Waals surface area (Å²) in [4.78, 5) is 38.1. The average molecular weight is 1060 g/mol. The molecule has 0 rings (SSSR count). The Morgan fingerprint density at radius 3 is 0.908 bits per heavy atom. The predicted molar refractivity (Wildman–Crippen MR) is 330 cm³/mol. The number of ether oxygens (including phenoxy) is 3. The Balaban J connectivity index is 4.13. The van der Waals surface area contributed by atoms with Crippen molar-refractivity contribution >= 4 is 17.9 Å². The van der Waals surface area contributed by atoms with E-state index in [0.29, 0.717) is 19.3 Å². The molecule has 0 aromatic carbocycles. The zero-order valence-electron chi connectivity index (χ0n) is 50.5. The van der Waals surface area contributed by atoms with Gasteiger partial charge in [-0.15, -0.1) is 0 Å². The Morgan fingerprint density at radius 2 is 0.553 bits per heavy atom. The number of allylic oxidation sites excluding steroid dienone is 12. The van der Waals surface area contributed by atoms with Crippen LogP contribution in [0.3, 0.4) is 0 Å². The van der Waals surface area contributed by atoms with E-state index in [-0.39, 0.29) is 37.5 Å². The van der Waals surface area contributed by atoms with Gasteiger partial charge in [0.25, 0.3) is 0 Å². The van der Waals surface area contributed by atoms with Crippen LogP contribution < -0.4 is 0 Å². The van der Waals surface area contributed by atoms with Crippen molar-refractivity contribution in [2.24, 2.45) is 0 Å². The molecule has 0 heterocycles. The summed E-state index contributed by atoms with van der Waals surface area (Å²) in [5.74, 6) is -0.957. The molecule has 0 fully saturated rings. The van der Waals surface area contributed by atoms with Crippen molar-refractivity contribution in [3.63, 3.8) is 0 Å². The highest BCUT2D eigenvalue weighted by Crippen LogP contribution is 2.18. The molecule has 0 N–H and O–H groups in total. The molecule has 0 amide bonds. The zero-order valence-corrected chi connectivity index (χ0v) is 50.5. The van der Waals surface area contributed by atoms with Gasteiger partial charge >= 0.3 is 17.9 Å². The van der Waals surface area contributed by atoms with Crippen LogP contribution in [0.15, 0.2) is 72.9 Å². The lowest BCUT2D eigenvalue weighted by atomic mass is 10.0. The standard InChI is InChI=1S/C70H124O6/c1-4-7-10-13-16-19-22-24-26-28-29-30-31-32-33-34-35-36-37-38-39-40-41-43-44-46-48-51-54-57-60-63-69(72)75-66-67(65-74-68(71)62-59-56-53-50-21-18-15-12-9-6-3)76-70(73)64-61-58-55-52-49-47-45-42-27-25-23-20-17-14-11-8-5-2/h8,11-12,15,17,20,25,27,45,47,52,55,67H,4-7,9-10,13-14,16,18-19,21-24,26,28-44,46,48-51,53-54,56-66H2,1-3H3/b11-8-,15-12-,20-17-,27-25-,47-45-,55-52-. The number of hydrogen-bond donors (Lipinski definition) is 0. The van der Waals surface area contributed by atoms with E-state index >= 15 is 0 Å². The largest absolute Gasteiger partial charge is 0.462 e. The predicted octanol–water partition coefficient (Wildman–Crippen LogP) is 22.5. The quantitative estimate of drug-likeness (QED) is 0.0261. The van der Waals surface area contributed by atoms with Crippen LogP contribution in [0.2, 0.25) is 0 Å². The molecule has 0 spiro atoms. The second-order valence-electron chi connectivity index (χ2n) is 22.0. The van der Waals surface area contributed by atoms with Gasteiger partial charge in [-0.3, -0.25) is 14.4 Å². The SMILES string of the molecule is CC/C=C\C/C=C\C/C=C\C/C=C\C/C=C\CCCC(=O)OC(COC(=O)CCCCCCC/C=C\CCC)COC(=O)CCCCCCCCCCCCCCCCCCCCCCCCCCCCCCCCC. The maximum absolute atomic E-state index is 12.8. The summed E-state index contributed by atoms with van der Waals surface area (Å²) >= 11 is 0. The van der Waals surface area contributed by atoms with Gasteiger partial charge in [0.05, 0.1) is 0 Å². The third-order valence-corrected chi connectivity index (χ3v) is 14.4. The van der Waals surface area contributed by atoms with E-state index < -0.39 is 6.10 Å². The third-order valence-electron chi connectivity index (χ3n) is 14.4.